The second-order valence-electron chi connectivity index (χ2n) is 6.04. The first-order valence-corrected chi connectivity index (χ1v) is 8.29. The van der Waals surface area contributed by atoms with E-state index >= 15 is 0 Å². The van der Waals surface area contributed by atoms with E-state index in [1.54, 1.807) is 12.1 Å². The highest BCUT2D eigenvalue weighted by Crippen LogP contribution is 2.20. The molecule has 0 heterocycles. The number of nitrogens with one attached hydrogen (secondary N) is 1. The molecule has 3 aromatic rings. The highest BCUT2D eigenvalue weighted by Gasteiger charge is 2.14. The number of fused-ring (bicyclic) bond motifs is 1. The monoisotopic (exact) mass is 337 g/mol. The molecule has 0 saturated carbocycles. The van der Waals surface area contributed by atoms with Crippen LogP contribution >= 0.6 is 0 Å². The Morgan fingerprint density at radius 3 is 2.44 bits per heavy atom. The summed E-state index contributed by atoms with van der Waals surface area (Å²) in [5.74, 6) is -0.429. The van der Waals surface area contributed by atoms with E-state index in [1.807, 2.05) is 42.5 Å². The Bertz CT molecular complexity index is 861. The van der Waals surface area contributed by atoms with Crippen LogP contribution in [0.3, 0.4) is 0 Å². The van der Waals surface area contributed by atoms with Gasteiger partial charge in [-0.25, -0.2) is 4.39 Å². The number of aliphatic hydroxyl groups is 1. The molecule has 0 radical (unpaired) electrons. The van der Waals surface area contributed by atoms with E-state index in [2.05, 4.69) is 5.32 Å². The predicted octanol–water partition coefficient (Wildman–Crippen LogP) is 3.76. The molecule has 25 heavy (non-hydrogen) atoms. The summed E-state index contributed by atoms with van der Waals surface area (Å²) in [7, 11) is 0. The zero-order valence-corrected chi connectivity index (χ0v) is 13.8. The standard InChI is InChI=1S/C21H20FNO2/c22-19-10-5-15(6-11-19)7-12-21(25)23-20(14-24)18-9-8-16-3-1-2-4-17(16)13-18/h1-6,8-11,13,20,24H,7,12,14H2,(H,23,25). The van der Waals surface area contributed by atoms with Crippen LogP contribution in [0.15, 0.2) is 66.7 Å². The zero-order chi connectivity index (χ0) is 17.6. The second kappa shape index (κ2) is 7.90. The van der Waals surface area contributed by atoms with Crippen molar-refractivity contribution in [1.29, 1.82) is 0 Å². The summed E-state index contributed by atoms with van der Waals surface area (Å²) < 4.78 is 12.9. The van der Waals surface area contributed by atoms with Crippen molar-refractivity contribution < 1.29 is 14.3 Å². The predicted molar refractivity (Wildman–Crippen MR) is 96.6 cm³/mol. The average Bonchev–Trinajstić information content (AvgIpc) is 2.65. The number of aryl methyl sites for hydroxylation is 1. The van der Waals surface area contributed by atoms with Crippen molar-refractivity contribution in [3.8, 4) is 0 Å². The molecule has 2 N–H and O–H groups in total. The van der Waals surface area contributed by atoms with Gasteiger partial charge in [-0.15, -0.1) is 0 Å². The lowest BCUT2D eigenvalue weighted by molar-refractivity contribution is -0.122. The van der Waals surface area contributed by atoms with Crippen LogP contribution in [0.5, 0.6) is 0 Å². The molecule has 0 saturated heterocycles. The van der Waals surface area contributed by atoms with E-state index < -0.39 is 6.04 Å². The molecule has 4 heteroatoms. The van der Waals surface area contributed by atoms with Gasteiger partial charge in [-0.1, -0.05) is 48.5 Å². The van der Waals surface area contributed by atoms with Gasteiger partial charge < -0.3 is 10.4 Å². The quantitative estimate of drug-likeness (QED) is 0.719. The number of rotatable bonds is 6. The Kier molecular flexibility index (Phi) is 5.41. The molecule has 0 aliphatic heterocycles. The van der Waals surface area contributed by atoms with E-state index in [1.165, 1.54) is 12.1 Å². The van der Waals surface area contributed by atoms with Crippen LogP contribution in [0, 0.1) is 5.82 Å². The van der Waals surface area contributed by atoms with Gasteiger partial charge in [-0.3, -0.25) is 4.79 Å². The lowest BCUT2D eigenvalue weighted by atomic mass is 10.0. The van der Waals surface area contributed by atoms with E-state index in [9.17, 15) is 14.3 Å². The first-order chi connectivity index (χ1) is 12.2. The summed E-state index contributed by atoms with van der Waals surface area (Å²) >= 11 is 0. The lowest BCUT2D eigenvalue weighted by Crippen LogP contribution is -2.30. The molecule has 0 aliphatic rings. The van der Waals surface area contributed by atoms with Crippen LogP contribution in [0.2, 0.25) is 0 Å². The van der Waals surface area contributed by atoms with E-state index in [0.29, 0.717) is 6.42 Å². The van der Waals surface area contributed by atoms with Crippen LogP contribution in [0.1, 0.15) is 23.6 Å². The number of carbonyl (C=O) groups is 1. The lowest BCUT2D eigenvalue weighted by Gasteiger charge is -2.17. The Balaban J connectivity index is 1.64. The van der Waals surface area contributed by atoms with Crippen molar-refractivity contribution in [2.45, 2.75) is 18.9 Å². The minimum absolute atomic E-state index is 0.142. The number of benzene rings is 3. The van der Waals surface area contributed by atoms with Crippen molar-refractivity contribution in [1.82, 2.24) is 5.32 Å². The normalized spacial score (nSPS) is 12.1. The fraction of sp³-hybridized carbons (Fsp3) is 0.190. The summed E-state index contributed by atoms with van der Waals surface area (Å²) in [6.45, 7) is -0.166. The summed E-state index contributed by atoms with van der Waals surface area (Å²) in [6, 6.07) is 19.5. The molecule has 0 spiro atoms. The minimum Gasteiger partial charge on any atom is -0.394 e. The number of aliphatic hydroxyl groups excluding tert-OH is 1. The van der Waals surface area contributed by atoms with Crippen LogP contribution < -0.4 is 5.32 Å². The van der Waals surface area contributed by atoms with Gasteiger partial charge in [0.15, 0.2) is 0 Å². The Hall–Kier alpha value is -2.72. The summed E-state index contributed by atoms with van der Waals surface area (Å²) in [5.41, 5.74) is 1.78. The third kappa shape index (κ3) is 4.43. The largest absolute Gasteiger partial charge is 0.394 e. The van der Waals surface area contributed by atoms with Gasteiger partial charge >= 0.3 is 0 Å². The Morgan fingerprint density at radius 1 is 1.00 bits per heavy atom. The Labute approximate surface area is 146 Å². The second-order valence-corrected chi connectivity index (χ2v) is 6.04. The maximum atomic E-state index is 12.9. The molecule has 0 fully saturated rings. The van der Waals surface area contributed by atoms with Gasteiger partial charge in [0.05, 0.1) is 12.6 Å². The first-order valence-electron chi connectivity index (χ1n) is 8.29. The third-order valence-electron chi connectivity index (χ3n) is 4.25. The molecule has 1 unspecified atom stereocenters. The summed E-state index contributed by atoms with van der Waals surface area (Å²) in [5, 5.41) is 14.7. The SMILES string of the molecule is O=C(CCc1ccc(F)cc1)NC(CO)c1ccc2ccccc2c1. The van der Waals surface area contributed by atoms with Gasteiger partial charge in [0.2, 0.25) is 5.91 Å². The molecular formula is C21H20FNO2. The van der Waals surface area contributed by atoms with E-state index in [4.69, 9.17) is 0 Å². The van der Waals surface area contributed by atoms with E-state index in [0.717, 1.165) is 21.9 Å². The number of hydrogen-bond donors (Lipinski definition) is 2. The number of amides is 1. The Morgan fingerprint density at radius 2 is 1.72 bits per heavy atom. The smallest absolute Gasteiger partial charge is 0.220 e. The first kappa shape index (κ1) is 17.1. The van der Waals surface area contributed by atoms with Crippen LogP contribution in [-0.4, -0.2) is 17.6 Å². The van der Waals surface area contributed by atoms with Crippen molar-refractivity contribution in [3.63, 3.8) is 0 Å². The molecule has 0 aliphatic carbocycles. The van der Waals surface area contributed by atoms with Crippen molar-refractivity contribution in [3.05, 3.63) is 83.7 Å². The maximum absolute atomic E-state index is 12.9. The van der Waals surface area contributed by atoms with Crippen molar-refractivity contribution in [2.75, 3.05) is 6.61 Å². The van der Waals surface area contributed by atoms with Gasteiger partial charge in [0, 0.05) is 6.42 Å². The minimum atomic E-state index is -0.440. The fourth-order valence-corrected chi connectivity index (χ4v) is 2.83. The van der Waals surface area contributed by atoms with Crippen LogP contribution in [0.25, 0.3) is 10.8 Å². The average molecular weight is 337 g/mol. The molecule has 3 rings (SSSR count). The molecule has 3 nitrogen and oxygen atoms in total. The van der Waals surface area contributed by atoms with Gasteiger partial charge in [0.25, 0.3) is 0 Å². The van der Waals surface area contributed by atoms with Gasteiger partial charge in [-0.05, 0) is 46.5 Å². The van der Waals surface area contributed by atoms with Crippen molar-refractivity contribution >= 4 is 16.7 Å². The highest BCUT2D eigenvalue weighted by atomic mass is 19.1. The molecule has 0 aromatic heterocycles. The van der Waals surface area contributed by atoms with Crippen LogP contribution in [-0.2, 0) is 11.2 Å². The number of hydrogen-bond acceptors (Lipinski definition) is 2. The van der Waals surface area contributed by atoms with Crippen molar-refractivity contribution in [2.24, 2.45) is 0 Å². The zero-order valence-electron chi connectivity index (χ0n) is 13.8. The molecule has 1 atom stereocenters. The van der Waals surface area contributed by atoms with E-state index in [-0.39, 0.29) is 24.8 Å². The highest BCUT2D eigenvalue weighted by molar-refractivity contribution is 5.83. The number of halogens is 1. The molecular weight excluding hydrogens is 317 g/mol. The summed E-state index contributed by atoms with van der Waals surface area (Å²) in [4.78, 5) is 12.2. The van der Waals surface area contributed by atoms with Gasteiger partial charge in [-0.2, -0.15) is 0 Å². The van der Waals surface area contributed by atoms with Crippen LogP contribution in [0.4, 0.5) is 4.39 Å². The molecule has 128 valence electrons. The molecule has 1 amide bonds. The molecule has 0 bridgehead atoms. The summed E-state index contributed by atoms with van der Waals surface area (Å²) in [6.07, 6.45) is 0.817. The number of carbonyl (C=O) groups excluding carboxylic acids is 1. The van der Waals surface area contributed by atoms with Gasteiger partial charge in [0.1, 0.15) is 5.82 Å². The fourth-order valence-electron chi connectivity index (χ4n) is 2.83. The topological polar surface area (TPSA) is 49.3 Å². The third-order valence-corrected chi connectivity index (χ3v) is 4.25. The maximum Gasteiger partial charge on any atom is 0.220 e. The molecule has 3 aromatic carbocycles.